The van der Waals surface area contributed by atoms with Gasteiger partial charge in [-0.05, 0) is 31.5 Å². The van der Waals surface area contributed by atoms with Crippen LogP contribution in [0.3, 0.4) is 0 Å². The molecule has 29 heavy (non-hydrogen) atoms. The Morgan fingerprint density at radius 2 is 1.90 bits per heavy atom. The third-order valence-corrected chi connectivity index (χ3v) is 5.27. The molecule has 0 saturated carbocycles. The molecule has 0 unspecified atom stereocenters. The van der Waals surface area contributed by atoms with Gasteiger partial charge < -0.3 is 9.88 Å². The summed E-state index contributed by atoms with van der Waals surface area (Å²) in [4.78, 5) is 29.9. The van der Waals surface area contributed by atoms with E-state index in [2.05, 4.69) is 15.4 Å². The number of fused-ring (bicyclic) bond motifs is 2. The van der Waals surface area contributed by atoms with Gasteiger partial charge in [-0.25, -0.2) is 9.67 Å². The van der Waals surface area contributed by atoms with Crippen LogP contribution in [0, 0.1) is 0 Å². The average molecular weight is 389 g/mol. The van der Waals surface area contributed by atoms with E-state index in [-0.39, 0.29) is 17.5 Å². The van der Waals surface area contributed by atoms with Gasteiger partial charge in [0.2, 0.25) is 5.91 Å². The molecule has 2 atom stereocenters. The number of rotatable bonds is 6. The van der Waals surface area contributed by atoms with E-state index in [1.807, 2.05) is 60.9 Å². The van der Waals surface area contributed by atoms with Gasteiger partial charge in [-0.1, -0.05) is 37.3 Å². The van der Waals surface area contributed by atoms with Crippen molar-refractivity contribution in [3.05, 3.63) is 71.4 Å². The average Bonchev–Trinajstić information content (AvgIpc) is 3.18. The molecule has 2 heterocycles. The van der Waals surface area contributed by atoms with Crippen molar-refractivity contribution in [3.63, 3.8) is 0 Å². The first-order chi connectivity index (χ1) is 14.1. The zero-order valence-electron chi connectivity index (χ0n) is 16.4. The summed E-state index contributed by atoms with van der Waals surface area (Å²) in [5.41, 5.74) is 1.62. The van der Waals surface area contributed by atoms with Crippen LogP contribution in [0.1, 0.15) is 26.3 Å². The van der Waals surface area contributed by atoms with E-state index >= 15 is 0 Å². The van der Waals surface area contributed by atoms with E-state index in [0.717, 1.165) is 16.4 Å². The molecule has 148 valence electrons. The first-order valence-electron chi connectivity index (χ1n) is 9.75. The number of carbonyl (C=O) groups is 1. The van der Waals surface area contributed by atoms with Gasteiger partial charge in [-0.15, -0.1) is 0 Å². The van der Waals surface area contributed by atoms with Crippen molar-refractivity contribution < 1.29 is 4.79 Å². The van der Waals surface area contributed by atoms with Crippen LogP contribution in [0.5, 0.6) is 0 Å². The predicted molar refractivity (Wildman–Crippen MR) is 113 cm³/mol. The van der Waals surface area contributed by atoms with Crippen molar-refractivity contribution in [3.8, 4) is 0 Å². The zero-order chi connectivity index (χ0) is 20.4. The van der Waals surface area contributed by atoms with E-state index in [0.29, 0.717) is 18.4 Å². The van der Waals surface area contributed by atoms with Gasteiger partial charge in [-0.2, -0.15) is 5.10 Å². The van der Waals surface area contributed by atoms with Crippen LogP contribution in [-0.4, -0.2) is 31.3 Å². The second-order valence-electron chi connectivity index (χ2n) is 7.15. The van der Waals surface area contributed by atoms with E-state index in [1.54, 1.807) is 18.6 Å². The highest BCUT2D eigenvalue weighted by Crippen LogP contribution is 2.17. The Hall–Kier alpha value is -3.48. The van der Waals surface area contributed by atoms with Crippen molar-refractivity contribution in [2.75, 3.05) is 0 Å². The first-order valence-corrected chi connectivity index (χ1v) is 9.75. The summed E-state index contributed by atoms with van der Waals surface area (Å²) < 4.78 is 3.28. The summed E-state index contributed by atoms with van der Waals surface area (Å²) in [5.74, 6) is -0.117. The molecule has 1 amide bonds. The maximum atomic E-state index is 12.9. The largest absolute Gasteiger partial charge is 0.350 e. The zero-order valence-corrected chi connectivity index (χ0v) is 16.4. The molecule has 0 radical (unpaired) electrons. The van der Waals surface area contributed by atoms with Crippen LogP contribution in [0.4, 0.5) is 0 Å². The lowest BCUT2D eigenvalue weighted by Gasteiger charge is -2.21. The summed E-state index contributed by atoms with van der Waals surface area (Å²) >= 11 is 0. The Bertz CT molecular complexity index is 1230. The normalized spacial score (nSPS) is 13.4. The van der Waals surface area contributed by atoms with Crippen molar-refractivity contribution in [1.82, 2.24) is 24.6 Å². The van der Waals surface area contributed by atoms with Crippen LogP contribution in [0.25, 0.3) is 21.8 Å². The lowest BCUT2D eigenvalue weighted by Crippen LogP contribution is -2.43. The van der Waals surface area contributed by atoms with Crippen molar-refractivity contribution in [2.24, 2.45) is 0 Å². The molecule has 4 rings (SSSR count). The molecule has 2 aromatic carbocycles. The predicted octanol–water partition coefficient (Wildman–Crippen LogP) is 2.90. The Balaban J connectivity index is 1.52. The highest BCUT2D eigenvalue weighted by molar-refractivity contribution is 5.84. The maximum absolute atomic E-state index is 12.9. The molecular formula is C22H23N5O2. The molecule has 0 saturated heterocycles. The molecule has 2 aromatic heterocycles. The smallest absolute Gasteiger partial charge is 0.274 e. The number of nitrogens with one attached hydrogen (secondary N) is 1. The van der Waals surface area contributed by atoms with Gasteiger partial charge >= 0.3 is 0 Å². The topological polar surface area (TPSA) is 81.8 Å². The molecule has 7 nitrogen and oxygen atoms in total. The fourth-order valence-electron chi connectivity index (χ4n) is 3.48. The lowest BCUT2D eigenvalue weighted by molar-refractivity contribution is -0.124. The number of nitrogens with zero attached hydrogens (tertiary/aromatic N) is 4. The van der Waals surface area contributed by atoms with Crippen molar-refractivity contribution in [1.29, 1.82) is 0 Å². The number of para-hydroxylation sites is 2. The van der Waals surface area contributed by atoms with Crippen molar-refractivity contribution in [2.45, 2.75) is 38.9 Å². The molecule has 0 aliphatic rings. The van der Waals surface area contributed by atoms with E-state index in [9.17, 15) is 9.59 Å². The summed E-state index contributed by atoms with van der Waals surface area (Å²) in [6.07, 6.45) is 4.06. The fraction of sp³-hybridized carbons (Fsp3) is 0.273. The number of hydrogen-bond acceptors (Lipinski definition) is 4. The van der Waals surface area contributed by atoms with Gasteiger partial charge in [0.1, 0.15) is 6.04 Å². The standard InChI is InChI=1S/C22H23N5O2/c1-3-17(13-27-22(29)18-9-5-4-8-16(18)12-24-27)25-21(28)15(2)26-14-23-19-10-6-7-11-20(19)26/h4-12,14-15,17H,3,13H2,1-2H3,(H,25,28)/t15-,17-/m0/s1. The number of benzene rings is 2. The molecule has 4 aromatic rings. The molecule has 0 fully saturated rings. The first kappa shape index (κ1) is 18.9. The maximum Gasteiger partial charge on any atom is 0.274 e. The highest BCUT2D eigenvalue weighted by Gasteiger charge is 2.20. The second kappa shape index (κ2) is 7.87. The van der Waals surface area contributed by atoms with Crippen LogP contribution in [-0.2, 0) is 11.3 Å². The molecule has 0 spiro atoms. The number of carbonyl (C=O) groups excluding carboxylic acids is 1. The van der Waals surface area contributed by atoms with E-state index in [4.69, 9.17) is 0 Å². The number of hydrogen-bond donors (Lipinski definition) is 1. The van der Waals surface area contributed by atoms with Crippen LogP contribution < -0.4 is 10.9 Å². The number of imidazole rings is 1. The summed E-state index contributed by atoms with van der Waals surface area (Å²) in [5, 5.41) is 8.77. The quantitative estimate of drug-likeness (QED) is 0.550. The molecule has 0 bridgehead atoms. The molecule has 7 heteroatoms. The van der Waals surface area contributed by atoms with Gasteiger partial charge in [0.15, 0.2) is 0 Å². The Labute approximate surface area is 168 Å². The summed E-state index contributed by atoms with van der Waals surface area (Å²) in [6, 6.07) is 14.5. The van der Waals surface area contributed by atoms with Gasteiger partial charge in [0.25, 0.3) is 5.56 Å². The lowest BCUT2D eigenvalue weighted by atomic mass is 10.2. The Morgan fingerprint density at radius 1 is 1.14 bits per heavy atom. The minimum Gasteiger partial charge on any atom is -0.350 e. The van der Waals surface area contributed by atoms with Crippen LogP contribution in [0.15, 0.2) is 65.8 Å². The number of aromatic nitrogens is 4. The van der Waals surface area contributed by atoms with E-state index in [1.165, 1.54) is 4.68 Å². The summed E-state index contributed by atoms with van der Waals surface area (Å²) in [6.45, 7) is 4.15. The Kier molecular flexibility index (Phi) is 5.12. The van der Waals surface area contributed by atoms with Crippen molar-refractivity contribution >= 4 is 27.7 Å². The monoisotopic (exact) mass is 389 g/mol. The number of amides is 1. The van der Waals surface area contributed by atoms with Crippen LogP contribution in [0.2, 0.25) is 0 Å². The molecular weight excluding hydrogens is 366 g/mol. The molecule has 0 aliphatic heterocycles. The highest BCUT2D eigenvalue weighted by atomic mass is 16.2. The SMILES string of the molecule is CC[C@@H](Cn1ncc2ccccc2c1=O)NC(=O)[C@H](C)n1cnc2ccccc21. The van der Waals surface area contributed by atoms with Gasteiger partial charge in [0, 0.05) is 11.4 Å². The van der Waals surface area contributed by atoms with Gasteiger partial charge in [-0.3, -0.25) is 9.59 Å². The molecule has 1 N–H and O–H groups in total. The second-order valence-corrected chi connectivity index (χ2v) is 7.15. The van der Waals surface area contributed by atoms with Crippen LogP contribution >= 0.6 is 0 Å². The molecule has 0 aliphatic carbocycles. The minimum atomic E-state index is -0.419. The fourth-order valence-corrected chi connectivity index (χ4v) is 3.48. The third-order valence-electron chi connectivity index (χ3n) is 5.27. The van der Waals surface area contributed by atoms with E-state index < -0.39 is 6.04 Å². The minimum absolute atomic E-state index is 0.117. The third kappa shape index (κ3) is 3.63. The Morgan fingerprint density at radius 3 is 2.72 bits per heavy atom. The summed E-state index contributed by atoms with van der Waals surface area (Å²) in [7, 11) is 0. The van der Waals surface area contributed by atoms with Gasteiger partial charge in [0.05, 0.1) is 35.5 Å².